The van der Waals surface area contributed by atoms with Crippen molar-refractivity contribution in [1.82, 2.24) is 0 Å². The van der Waals surface area contributed by atoms with Crippen LogP contribution in [0.1, 0.15) is 12.0 Å². The van der Waals surface area contributed by atoms with Gasteiger partial charge in [0.25, 0.3) is 0 Å². The highest BCUT2D eigenvalue weighted by atomic mass is 31.1. The molecular weight excluding hydrogens is 219 g/mol. The van der Waals surface area contributed by atoms with Crippen molar-refractivity contribution in [3.8, 4) is 11.5 Å². The van der Waals surface area contributed by atoms with Gasteiger partial charge in [-0.25, -0.2) is 0 Å². The van der Waals surface area contributed by atoms with Gasteiger partial charge in [-0.05, 0) is 30.5 Å². The van der Waals surface area contributed by atoms with Gasteiger partial charge in [-0.2, -0.15) is 0 Å². The summed E-state index contributed by atoms with van der Waals surface area (Å²) in [5, 5.41) is 18.2. The molecule has 0 radical (unpaired) electrons. The average Bonchev–Trinajstić information content (AvgIpc) is 2.18. The maximum absolute atomic E-state index is 10.2. The highest BCUT2D eigenvalue weighted by Gasteiger charge is 2.00. The van der Waals surface area contributed by atoms with E-state index in [9.17, 15) is 9.67 Å². The standard InChI is InChI=1S/C9H13O5P/c10-8-4-3-7(6-9(8)11)2-1-5-14-15(12)13/h3-4,6,10-11,15H,1-2,5H2,(H,12,13). The van der Waals surface area contributed by atoms with Crippen molar-refractivity contribution in [3.63, 3.8) is 0 Å². The summed E-state index contributed by atoms with van der Waals surface area (Å²) in [7, 11) is -2.84. The van der Waals surface area contributed by atoms with Crippen LogP contribution in [-0.4, -0.2) is 21.7 Å². The third-order valence-corrected chi connectivity index (χ3v) is 2.33. The third-order valence-electron chi connectivity index (χ3n) is 1.88. The summed E-state index contributed by atoms with van der Waals surface area (Å²) in [6.45, 7) is 0.204. The minimum Gasteiger partial charge on any atom is -0.504 e. The molecule has 3 N–H and O–H groups in total. The van der Waals surface area contributed by atoms with Crippen LogP contribution in [0, 0.1) is 0 Å². The van der Waals surface area contributed by atoms with Crippen molar-refractivity contribution in [2.45, 2.75) is 12.8 Å². The van der Waals surface area contributed by atoms with Crippen LogP contribution in [-0.2, 0) is 15.5 Å². The van der Waals surface area contributed by atoms with Crippen molar-refractivity contribution in [2.75, 3.05) is 6.61 Å². The highest BCUT2D eigenvalue weighted by molar-refractivity contribution is 7.32. The molecule has 6 heteroatoms. The van der Waals surface area contributed by atoms with E-state index in [1.165, 1.54) is 12.1 Å². The van der Waals surface area contributed by atoms with Crippen molar-refractivity contribution in [2.24, 2.45) is 0 Å². The molecule has 1 rings (SSSR count). The Kier molecular flexibility index (Phi) is 4.62. The zero-order valence-corrected chi connectivity index (χ0v) is 9.01. The molecule has 0 amide bonds. The van der Waals surface area contributed by atoms with E-state index in [1.807, 2.05) is 0 Å². The summed E-state index contributed by atoms with van der Waals surface area (Å²) in [4.78, 5) is 8.38. The normalized spacial score (nSPS) is 12.6. The van der Waals surface area contributed by atoms with Gasteiger partial charge in [-0.3, -0.25) is 4.57 Å². The Hall–Kier alpha value is -1.03. The van der Waals surface area contributed by atoms with Crippen molar-refractivity contribution >= 4 is 8.25 Å². The number of benzene rings is 1. The molecule has 1 unspecified atom stereocenters. The quantitative estimate of drug-likeness (QED) is 0.406. The fourth-order valence-corrected chi connectivity index (χ4v) is 1.48. The third kappa shape index (κ3) is 4.34. The molecule has 0 aliphatic carbocycles. The Bertz CT molecular complexity index is 352. The summed E-state index contributed by atoms with van der Waals surface area (Å²) < 4.78 is 14.7. The van der Waals surface area contributed by atoms with E-state index in [0.717, 1.165) is 5.56 Å². The van der Waals surface area contributed by atoms with Gasteiger partial charge in [0.1, 0.15) is 0 Å². The largest absolute Gasteiger partial charge is 0.504 e. The first-order chi connectivity index (χ1) is 7.09. The molecule has 1 atom stereocenters. The summed E-state index contributed by atoms with van der Waals surface area (Å²) in [5.74, 6) is -0.320. The van der Waals surface area contributed by atoms with Crippen LogP contribution in [0.2, 0.25) is 0 Å². The predicted octanol–water partition coefficient (Wildman–Crippen LogP) is 1.43. The molecule has 0 aromatic heterocycles. The first-order valence-corrected chi connectivity index (χ1v) is 5.72. The molecule has 15 heavy (non-hydrogen) atoms. The minimum absolute atomic E-state index is 0.157. The second kappa shape index (κ2) is 5.75. The second-order valence-corrected chi connectivity index (χ2v) is 3.86. The van der Waals surface area contributed by atoms with Crippen LogP contribution >= 0.6 is 8.25 Å². The van der Waals surface area contributed by atoms with Crippen molar-refractivity contribution < 1.29 is 24.2 Å². The number of aromatic hydroxyl groups is 2. The predicted molar refractivity (Wildman–Crippen MR) is 55.3 cm³/mol. The van der Waals surface area contributed by atoms with E-state index in [4.69, 9.17) is 10.00 Å². The summed E-state index contributed by atoms with van der Waals surface area (Å²) in [6, 6.07) is 4.54. The Labute approximate surface area is 87.9 Å². The number of phenolic OH excluding ortho intramolecular Hbond substituents is 2. The Balaban J connectivity index is 2.38. The topological polar surface area (TPSA) is 87.0 Å². The van der Waals surface area contributed by atoms with Gasteiger partial charge in [0.15, 0.2) is 11.5 Å². The van der Waals surface area contributed by atoms with E-state index in [1.54, 1.807) is 6.07 Å². The smallest absolute Gasteiger partial charge is 0.316 e. The molecule has 0 aliphatic rings. The van der Waals surface area contributed by atoms with Crippen molar-refractivity contribution in [1.29, 1.82) is 0 Å². The molecule has 0 aliphatic heterocycles. The van der Waals surface area contributed by atoms with Gasteiger partial charge in [-0.1, -0.05) is 6.07 Å². The molecular formula is C9H13O5P. The summed E-state index contributed by atoms with van der Waals surface area (Å²) in [6.07, 6.45) is 1.20. The number of hydrogen-bond donors (Lipinski definition) is 3. The molecule has 1 aromatic carbocycles. The molecule has 0 saturated heterocycles. The number of phenols is 2. The monoisotopic (exact) mass is 232 g/mol. The first-order valence-electron chi connectivity index (χ1n) is 4.46. The molecule has 5 nitrogen and oxygen atoms in total. The number of aryl methyl sites for hydroxylation is 1. The lowest BCUT2D eigenvalue weighted by molar-refractivity contribution is 0.277. The highest BCUT2D eigenvalue weighted by Crippen LogP contribution is 2.25. The van der Waals surface area contributed by atoms with Gasteiger partial charge in [0.2, 0.25) is 0 Å². The molecule has 0 saturated carbocycles. The molecule has 1 aromatic rings. The lowest BCUT2D eigenvalue weighted by Crippen LogP contribution is -1.91. The fraction of sp³-hybridized carbons (Fsp3) is 0.333. The van der Waals surface area contributed by atoms with E-state index in [0.29, 0.717) is 12.8 Å². The molecule has 84 valence electrons. The minimum atomic E-state index is -2.84. The van der Waals surface area contributed by atoms with E-state index in [2.05, 4.69) is 4.52 Å². The lowest BCUT2D eigenvalue weighted by Gasteiger charge is -2.03. The summed E-state index contributed by atoms with van der Waals surface area (Å²) in [5.41, 5.74) is 0.839. The van der Waals surface area contributed by atoms with Crippen LogP contribution in [0.3, 0.4) is 0 Å². The van der Waals surface area contributed by atoms with Crippen LogP contribution in [0.25, 0.3) is 0 Å². The van der Waals surface area contributed by atoms with E-state index < -0.39 is 8.25 Å². The van der Waals surface area contributed by atoms with Crippen LogP contribution in [0.4, 0.5) is 0 Å². The maximum atomic E-state index is 10.2. The molecule has 0 bridgehead atoms. The Morgan fingerprint density at radius 3 is 2.60 bits per heavy atom. The molecule has 0 heterocycles. The van der Waals surface area contributed by atoms with Crippen LogP contribution < -0.4 is 0 Å². The average molecular weight is 232 g/mol. The zero-order chi connectivity index (χ0) is 11.3. The SMILES string of the molecule is O=[PH](O)OCCCc1ccc(O)c(O)c1. The van der Waals surface area contributed by atoms with Gasteiger partial charge in [0.05, 0.1) is 6.61 Å². The number of rotatable bonds is 5. The van der Waals surface area contributed by atoms with Gasteiger partial charge in [0, 0.05) is 0 Å². The number of hydrogen-bond acceptors (Lipinski definition) is 4. The Morgan fingerprint density at radius 2 is 2.00 bits per heavy atom. The van der Waals surface area contributed by atoms with Crippen LogP contribution in [0.15, 0.2) is 18.2 Å². The van der Waals surface area contributed by atoms with Gasteiger partial charge < -0.3 is 19.6 Å². The second-order valence-electron chi connectivity index (χ2n) is 3.04. The Morgan fingerprint density at radius 1 is 1.27 bits per heavy atom. The van der Waals surface area contributed by atoms with Gasteiger partial charge in [-0.15, -0.1) is 0 Å². The van der Waals surface area contributed by atoms with Gasteiger partial charge >= 0.3 is 8.25 Å². The molecule has 0 fully saturated rings. The molecule has 0 spiro atoms. The maximum Gasteiger partial charge on any atom is 0.316 e. The zero-order valence-electron chi connectivity index (χ0n) is 8.01. The van der Waals surface area contributed by atoms with E-state index >= 15 is 0 Å². The van der Waals surface area contributed by atoms with Crippen LogP contribution in [0.5, 0.6) is 11.5 Å². The summed E-state index contributed by atoms with van der Waals surface area (Å²) >= 11 is 0. The van der Waals surface area contributed by atoms with E-state index in [-0.39, 0.29) is 18.1 Å². The first kappa shape index (κ1) is 12.0. The fourth-order valence-electron chi connectivity index (χ4n) is 1.16. The lowest BCUT2D eigenvalue weighted by atomic mass is 10.1. The van der Waals surface area contributed by atoms with Crippen molar-refractivity contribution in [3.05, 3.63) is 23.8 Å².